The van der Waals surface area contributed by atoms with Crippen molar-refractivity contribution < 1.29 is 9.34 Å². The Morgan fingerprint density at radius 1 is 1.27 bits per heavy atom. The number of nitrogens with zero attached hydrogens (tertiary/aromatic N) is 4. The molecule has 0 bridgehead atoms. The van der Waals surface area contributed by atoms with E-state index in [1.807, 2.05) is 6.92 Å². The van der Waals surface area contributed by atoms with Crippen molar-refractivity contribution in [3.05, 3.63) is 73.7 Å². The second-order valence-corrected chi connectivity index (χ2v) is 6.83. The molecule has 0 fully saturated rings. The fourth-order valence-corrected chi connectivity index (χ4v) is 3.54. The molecule has 0 aliphatic heterocycles. The zero-order valence-corrected chi connectivity index (χ0v) is 14.4. The molecule has 9 heteroatoms. The van der Waals surface area contributed by atoms with Crippen LogP contribution in [0.2, 0.25) is 0 Å². The highest BCUT2D eigenvalue weighted by atomic mass is 32.1. The number of thiazole rings is 1. The first-order valence-electron chi connectivity index (χ1n) is 7.68. The molecule has 4 rings (SSSR count). The lowest BCUT2D eigenvalue weighted by Crippen LogP contribution is -2.24. The highest BCUT2D eigenvalue weighted by Crippen LogP contribution is 2.29. The molecule has 0 aliphatic rings. The van der Waals surface area contributed by atoms with Gasteiger partial charge in [0.15, 0.2) is 11.3 Å². The lowest BCUT2D eigenvalue weighted by Gasteiger charge is -2.07. The summed E-state index contributed by atoms with van der Waals surface area (Å²) in [5.41, 5.74) is 1.31. The van der Waals surface area contributed by atoms with Gasteiger partial charge in [-0.1, -0.05) is 12.1 Å². The average molecular weight is 368 g/mol. The van der Waals surface area contributed by atoms with E-state index >= 15 is 0 Å². The number of nitro groups is 1. The maximum Gasteiger partial charge on any atom is 0.294 e. The molecular weight excluding hydrogens is 356 g/mol. The third-order valence-electron chi connectivity index (χ3n) is 3.84. The first-order chi connectivity index (χ1) is 12.5. The molecule has 26 heavy (non-hydrogen) atoms. The number of fused-ring (bicyclic) bond motifs is 1. The van der Waals surface area contributed by atoms with E-state index in [1.165, 1.54) is 28.2 Å². The molecule has 0 spiro atoms. The van der Waals surface area contributed by atoms with E-state index in [2.05, 4.69) is 10.1 Å². The van der Waals surface area contributed by atoms with Crippen molar-refractivity contribution in [2.24, 2.45) is 0 Å². The van der Waals surface area contributed by atoms with Gasteiger partial charge in [0.05, 0.1) is 27.4 Å². The molecule has 3 heterocycles. The third-order valence-corrected chi connectivity index (χ3v) is 4.82. The zero-order chi connectivity index (χ0) is 18.3. The topological polar surface area (TPSA) is 104 Å². The molecule has 0 N–H and O–H groups in total. The van der Waals surface area contributed by atoms with E-state index in [4.69, 9.17) is 4.42 Å². The average Bonchev–Trinajstić information content (AvgIpc) is 3.27. The molecule has 3 aromatic heterocycles. The van der Waals surface area contributed by atoms with Crippen LogP contribution < -0.4 is 5.56 Å². The molecular formula is C17H12N4O4S. The van der Waals surface area contributed by atoms with Crippen LogP contribution in [0.4, 0.5) is 5.69 Å². The lowest BCUT2D eigenvalue weighted by molar-refractivity contribution is -0.384. The number of hydrogen-bond acceptors (Lipinski definition) is 7. The summed E-state index contributed by atoms with van der Waals surface area (Å²) in [6, 6.07) is 9.54. The van der Waals surface area contributed by atoms with Crippen molar-refractivity contribution in [3.8, 4) is 11.5 Å². The first kappa shape index (κ1) is 16.2. The van der Waals surface area contributed by atoms with E-state index in [-0.39, 0.29) is 17.8 Å². The lowest BCUT2D eigenvalue weighted by atomic mass is 10.2. The number of furan rings is 1. The van der Waals surface area contributed by atoms with Crippen LogP contribution in [-0.4, -0.2) is 19.7 Å². The van der Waals surface area contributed by atoms with Gasteiger partial charge in [-0.3, -0.25) is 14.9 Å². The Morgan fingerprint density at radius 3 is 2.69 bits per heavy atom. The predicted octanol–water partition coefficient (Wildman–Crippen LogP) is 3.38. The van der Waals surface area contributed by atoms with Gasteiger partial charge in [0.25, 0.3) is 11.2 Å². The molecule has 0 saturated carbocycles. The molecule has 0 atom stereocenters. The number of aryl methyl sites for hydroxylation is 1. The number of nitro benzene ring substituents is 1. The fraction of sp³-hybridized carbons (Fsp3) is 0.118. The van der Waals surface area contributed by atoms with Crippen LogP contribution in [0.15, 0.2) is 51.9 Å². The second kappa shape index (κ2) is 6.19. The van der Waals surface area contributed by atoms with Crippen molar-refractivity contribution >= 4 is 27.2 Å². The molecule has 8 nitrogen and oxygen atoms in total. The van der Waals surface area contributed by atoms with Gasteiger partial charge in [0.2, 0.25) is 0 Å². The van der Waals surface area contributed by atoms with Crippen LogP contribution in [0.1, 0.15) is 10.6 Å². The SMILES string of the molecule is Cc1nc2c(=O)n(Cc3ccc([N+](=O)[O-])cc3)nc(-c3ccco3)c2s1. The minimum Gasteiger partial charge on any atom is -0.463 e. The van der Waals surface area contributed by atoms with Crippen molar-refractivity contribution in [2.75, 3.05) is 0 Å². The summed E-state index contributed by atoms with van der Waals surface area (Å²) in [6.07, 6.45) is 1.54. The standard InChI is InChI=1S/C17H12N4O4S/c1-10-18-15-16(26-10)14(13-3-2-8-25-13)19-20(17(15)22)9-11-4-6-12(7-5-11)21(23)24/h2-8H,9H2,1H3. The number of benzene rings is 1. The molecule has 0 aliphatic carbocycles. The van der Waals surface area contributed by atoms with E-state index < -0.39 is 4.92 Å². The van der Waals surface area contributed by atoms with Gasteiger partial charge in [-0.15, -0.1) is 11.3 Å². The van der Waals surface area contributed by atoms with Crippen LogP contribution >= 0.6 is 11.3 Å². The van der Waals surface area contributed by atoms with E-state index in [0.717, 1.165) is 10.6 Å². The van der Waals surface area contributed by atoms with Crippen LogP contribution in [0.5, 0.6) is 0 Å². The first-order valence-corrected chi connectivity index (χ1v) is 8.50. The van der Waals surface area contributed by atoms with Crippen LogP contribution in [0.3, 0.4) is 0 Å². The minimum absolute atomic E-state index is 0.00379. The minimum atomic E-state index is -0.465. The molecule has 4 aromatic rings. The molecule has 0 saturated heterocycles. The van der Waals surface area contributed by atoms with Crippen molar-refractivity contribution in [3.63, 3.8) is 0 Å². The van der Waals surface area contributed by atoms with Crippen molar-refractivity contribution in [1.29, 1.82) is 0 Å². The van der Waals surface area contributed by atoms with Crippen molar-refractivity contribution in [1.82, 2.24) is 14.8 Å². The molecule has 0 unspecified atom stereocenters. The predicted molar refractivity (Wildman–Crippen MR) is 96.3 cm³/mol. The smallest absolute Gasteiger partial charge is 0.294 e. The van der Waals surface area contributed by atoms with E-state index in [1.54, 1.807) is 30.5 Å². The molecule has 1 aromatic carbocycles. The Balaban J connectivity index is 1.83. The van der Waals surface area contributed by atoms with Crippen LogP contribution in [-0.2, 0) is 6.54 Å². The van der Waals surface area contributed by atoms with Gasteiger partial charge in [0, 0.05) is 12.1 Å². The Kier molecular flexibility index (Phi) is 3.85. The monoisotopic (exact) mass is 368 g/mol. The van der Waals surface area contributed by atoms with Crippen molar-refractivity contribution in [2.45, 2.75) is 13.5 Å². The van der Waals surface area contributed by atoms with E-state index in [9.17, 15) is 14.9 Å². The van der Waals surface area contributed by atoms with Gasteiger partial charge in [-0.2, -0.15) is 5.10 Å². The largest absolute Gasteiger partial charge is 0.463 e. The summed E-state index contributed by atoms with van der Waals surface area (Å²) in [5.74, 6) is 0.552. The Hall–Kier alpha value is -3.33. The molecule has 0 amide bonds. The van der Waals surface area contributed by atoms with Crippen LogP contribution in [0.25, 0.3) is 21.7 Å². The summed E-state index contributed by atoms with van der Waals surface area (Å²) >= 11 is 1.39. The summed E-state index contributed by atoms with van der Waals surface area (Å²) in [4.78, 5) is 27.4. The molecule has 130 valence electrons. The molecule has 0 radical (unpaired) electrons. The normalized spacial score (nSPS) is 11.1. The fourth-order valence-electron chi connectivity index (χ4n) is 2.64. The number of non-ortho nitro benzene ring substituents is 1. The summed E-state index contributed by atoms with van der Waals surface area (Å²) in [5, 5.41) is 16.0. The number of aromatic nitrogens is 3. The van der Waals surface area contributed by atoms with Crippen LogP contribution in [0, 0.1) is 17.0 Å². The van der Waals surface area contributed by atoms with E-state index in [0.29, 0.717) is 21.7 Å². The quantitative estimate of drug-likeness (QED) is 0.404. The maximum absolute atomic E-state index is 12.7. The van der Waals surface area contributed by atoms with Gasteiger partial charge in [-0.05, 0) is 24.6 Å². The number of hydrogen-bond donors (Lipinski definition) is 0. The summed E-state index contributed by atoms with van der Waals surface area (Å²) in [7, 11) is 0. The highest BCUT2D eigenvalue weighted by molar-refractivity contribution is 7.19. The zero-order valence-electron chi connectivity index (χ0n) is 13.6. The second-order valence-electron chi connectivity index (χ2n) is 5.62. The van der Waals surface area contributed by atoms with Gasteiger partial charge >= 0.3 is 0 Å². The highest BCUT2D eigenvalue weighted by Gasteiger charge is 2.18. The maximum atomic E-state index is 12.7. The van der Waals surface area contributed by atoms with Gasteiger partial charge in [-0.25, -0.2) is 9.67 Å². The Morgan fingerprint density at radius 2 is 2.04 bits per heavy atom. The summed E-state index contributed by atoms with van der Waals surface area (Å²) < 4.78 is 7.44. The number of rotatable bonds is 4. The third kappa shape index (κ3) is 2.78. The van der Waals surface area contributed by atoms with Gasteiger partial charge in [0.1, 0.15) is 5.69 Å². The Bertz CT molecular complexity index is 1160. The summed E-state index contributed by atoms with van der Waals surface area (Å²) in [6.45, 7) is 2.01. The Labute approximate surface area is 150 Å². The van der Waals surface area contributed by atoms with Gasteiger partial charge < -0.3 is 4.42 Å².